The summed E-state index contributed by atoms with van der Waals surface area (Å²) in [6.45, 7) is 6.05. The number of pyridine rings is 1. The predicted octanol–water partition coefficient (Wildman–Crippen LogP) is 2.91. The van der Waals surface area contributed by atoms with Crippen LogP contribution in [-0.2, 0) is 0 Å². The Balaban J connectivity index is 1.54. The monoisotopic (exact) mass is 395 g/mol. The summed E-state index contributed by atoms with van der Waals surface area (Å²) in [6.07, 6.45) is 5.12. The normalized spacial score (nSPS) is 18.1. The first-order valence-corrected chi connectivity index (χ1v) is 10.1. The van der Waals surface area contributed by atoms with Crippen LogP contribution in [0, 0.1) is 0 Å². The second kappa shape index (κ2) is 9.52. The van der Waals surface area contributed by atoms with E-state index >= 15 is 0 Å². The molecule has 0 spiro atoms. The van der Waals surface area contributed by atoms with Crippen LogP contribution in [0.2, 0.25) is 0 Å². The first kappa shape index (κ1) is 20.8. The Morgan fingerprint density at radius 2 is 2.00 bits per heavy atom. The lowest BCUT2D eigenvalue weighted by Crippen LogP contribution is -2.48. The van der Waals surface area contributed by atoms with Crippen LogP contribution in [0.4, 0.5) is 11.4 Å². The number of nitrogens with zero attached hydrogens (tertiary/aromatic N) is 2. The van der Waals surface area contributed by atoms with Crippen LogP contribution in [0.15, 0.2) is 42.6 Å². The van der Waals surface area contributed by atoms with Crippen molar-refractivity contribution >= 4 is 23.2 Å². The molecule has 0 radical (unpaired) electrons. The topological polar surface area (TPSA) is 100 Å². The molecule has 7 heteroatoms. The van der Waals surface area contributed by atoms with Crippen molar-refractivity contribution in [1.82, 2.24) is 15.2 Å². The number of nitrogens with two attached hydrogens (primary N) is 1. The lowest BCUT2D eigenvalue weighted by atomic mass is 10.0. The first-order chi connectivity index (χ1) is 14.0. The van der Waals surface area contributed by atoms with E-state index in [9.17, 15) is 9.59 Å². The second-order valence-corrected chi connectivity index (χ2v) is 7.62. The van der Waals surface area contributed by atoms with Crippen LogP contribution >= 0.6 is 0 Å². The van der Waals surface area contributed by atoms with E-state index in [1.165, 1.54) is 25.5 Å². The summed E-state index contributed by atoms with van der Waals surface area (Å²) in [6, 6.07) is 11.0. The number of aromatic nitrogens is 1. The highest BCUT2D eigenvalue weighted by molar-refractivity contribution is 6.04. The highest BCUT2D eigenvalue weighted by Crippen LogP contribution is 2.19. The van der Waals surface area contributed by atoms with Gasteiger partial charge in [-0.25, -0.2) is 0 Å². The number of rotatable bonds is 6. The zero-order valence-electron chi connectivity index (χ0n) is 17.0. The minimum Gasteiger partial charge on any atom is -0.397 e. The number of hydrogen-bond acceptors (Lipinski definition) is 5. The van der Waals surface area contributed by atoms with Gasteiger partial charge in [0.1, 0.15) is 5.69 Å². The molecule has 0 saturated carbocycles. The van der Waals surface area contributed by atoms with Crippen molar-refractivity contribution in [2.45, 2.75) is 45.2 Å². The van der Waals surface area contributed by atoms with Gasteiger partial charge in [0.25, 0.3) is 11.8 Å². The third-order valence-electron chi connectivity index (χ3n) is 5.45. The first-order valence-electron chi connectivity index (χ1n) is 10.1. The third kappa shape index (κ3) is 5.32. The van der Waals surface area contributed by atoms with Crippen molar-refractivity contribution in [1.29, 1.82) is 0 Å². The van der Waals surface area contributed by atoms with E-state index in [1.54, 1.807) is 36.4 Å². The number of hydrogen-bond donors (Lipinski definition) is 3. The van der Waals surface area contributed by atoms with Gasteiger partial charge in [0.15, 0.2) is 0 Å². The summed E-state index contributed by atoms with van der Waals surface area (Å²) in [5, 5.41) is 5.70. The number of carbonyl (C=O) groups excluding carboxylic acids is 2. The fourth-order valence-corrected chi connectivity index (χ4v) is 3.69. The Morgan fingerprint density at radius 3 is 2.69 bits per heavy atom. The smallest absolute Gasteiger partial charge is 0.274 e. The number of piperidine rings is 1. The van der Waals surface area contributed by atoms with Gasteiger partial charge in [-0.1, -0.05) is 18.6 Å². The average molecular weight is 396 g/mol. The van der Waals surface area contributed by atoms with E-state index in [1.807, 2.05) is 0 Å². The van der Waals surface area contributed by atoms with E-state index in [-0.39, 0.29) is 23.6 Å². The Hall–Kier alpha value is -2.93. The maximum absolute atomic E-state index is 12.4. The van der Waals surface area contributed by atoms with Crippen molar-refractivity contribution < 1.29 is 9.59 Å². The molecule has 1 saturated heterocycles. The molecule has 2 heterocycles. The van der Waals surface area contributed by atoms with Crippen molar-refractivity contribution in [3.05, 3.63) is 53.9 Å². The Morgan fingerprint density at radius 1 is 1.21 bits per heavy atom. The van der Waals surface area contributed by atoms with E-state index in [2.05, 4.69) is 34.4 Å². The molecule has 154 valence electrons. The van der Waals surface area contributed by atoms with Gasteiger partial charge < -0.3 is 16.4 Å². The largest absolute Gasteiger partial charge is 0.397 e. The van der Waals surface area contributed by atoms with Gasteiger partial charge in [0.05, 0.1) is 16.9 Å². The molecule has 1 aliphatic rings. The van der Waals surface area contributed by atoms with Crippen LogP contribution in [0.5, 0.6) is 0 Å². The second-order valence-electron chi connectivity index (χ2n) is 7.62. The van der Waals surface area contributed by atoms with Crippen molar-refractivity contribution in [2.24, 2.45) is 0 Å². The van der Waals surface area contributed by atoms with Gasteiger partial charge in [0, 0.05) is 24.8 Å². The number of benzene rings is 1. The summed E-state index contributed by atoms with van der Waals surface area (Å²) in [5.74, 6) is -0.559. The molecule has 1 aliphatic heterocycles. The van der Waals surface area contributed by atoms with Gasteiger partial charge in [-0.3, -0.25) is 19.5 Å². The van der Waals surface area contributed by atoms with Gasteiger partial charge in [0.2, 0.25) is 0 Å². The molecular formula is C22H29N5O2. The molecule has 2 amide bonds. The fourth-order valence-electron chi connectivity index (χ4n) is 3.69. The number of nitrogens with one attached hydrogen (secondary N) is 2. The summed E-state index contributed by atoms with van der Waals surface area (Å²) in [5.41, 5.74) is 7.50. The number of para-hydroxylation sites is 2. The molecular weight excluding hydrogens is 366 g/mol. The Labute approximate surface area is 171 Å². The molecule has 2 aromatic rings. The van der Waals surface area contributed by atoms with Gasteiger partial charge in [-0.2, -0.15) is 0 Å². The average Bonchev–Trinajstić information content (AvgIpc) is 2.74. The summed E-state index contributed by atoms with van der Waals surface area (Å²) < 4.78 is 0. The highest BCUT2D eigenvalue weighted by Gasteiger charge is 2.23. The van der Waals surface area contributed by atoms with E-state index in [0.717, 1.165) is 6.54 Å². The van der Waals surface area contributed by atoms with Crippen LogP contribution in [0.25, 0.3) is 0 Å². The summed E-state index contributed by atoms with van der Waals surface area (Å²) in [7, 11) is 0. The zero-order chi connectivity index (χ0) is 20.8. The van der Waals surface area contributed by atoms with Gasteiger partial charge in [-0.15, -0.1) is 0 Å². The molecule has 29 heavy (non-hydrogen) atoms. The van der Waals surface area contributed by atoms with E-state index in [4.69, 9.17) is 5.73 Å². The van der Waals surface area contributed by atoms with Crippen molar-refractivity contribution in [3.8, 4) is 0 Å². The van der Waals surface area contributed by atoms with Crippen LogP contribution in [0.3, 0.4) is 0 Å². The van der Waals surface area contributed by atoms with Crippen LogP contribution in [0.1, 0.15) is 54.0 Å². The predicted molar refractivity (Wildman–Crippen MR) is 115 cm³/mol. The van der Waals surface area contributed by atoms with E-state index < -0.39 is 0 Å². The van der Waals surface area contributed by atoms with Crippen LogP contribution in [-0.4, -0.2) is 46.9 Å². The Bertz CT molecular complexity index is 853. The maximum Gasteiger partial charge on any atom is 0.274 e. The van der Waals surface area contributed by atoms with E-state index in [0.29, 0.717) is 29.5 Å². The standard InChI is InChI=1S/C22H29N5O2/c1-15-7-5-6-12-27(15)16(2)13-25-21(28)17-10-11-20(24-14-17)22(29)26-19-9-4-3-8-18(19)23/h3-4,8-11,14-16H,5-7,12-13,23H2,1-2H3,(H,25,28)(H,26,29). The maximum atomic E-state index is 12.4. The molecule has 7 nitrogen and oxygen atoms in total. The van der Waals surface area contributed by atoms with Crippen molar-refractivity contribution in [3.63, 3.8) is 0 Å². The molecule has 0 aliphatic carbocycles. The number of likely N-dealkylation sites (tertiary alicyclic amines) is 1. The summed E-state index contributed by atoms with van der Waals surface area (Å²) in [4.78, 5) is 31.4. The lowest BCUT2D eigenvalue weighted by molar-refractivity contribution is 0.0885. The molecule has 3 rings (SSSR count). The highest BCUT2D eigenvalue weighted by atomic mass is 16.2. The Kier molecular flexibility index (Phi) is 6.82. The number of anilines is 2. The molecule has 0 bridgehead atoms. The molecule has 2 atom stereocenters. The SMILES string of the molecule is CC1CCCCN1C(C)CNC(=O)c1ccc(C(=O)Nc2ccccc2N)nc1. The lowest BCUT2D eigenvalue weighted by Gasteiger charge is -2.38. The molecule has 2 unspecified atom stereocenters. The number of nitrogen functional groups attached to an aromatic ring is 1. The molecule has 1 aromatic carbocycles. The number of carbonyl (C=O) groups is 2. The quantitative estimate of drug-likeness (QED) is 0.653. The van der Waals surface area contributed by atoms with Gasteiger partial charge >= 0.3 is 0 Å². The fraction of sp³-hybridized carbons (Fsp3) is 0.409. The summed E-state index contributed by atoms with van der Waals surface area (Å²) >= 11 is 0. The van der Waals surface area contributed by atoms with Crippen molar-refractivity contribution in [2.75, 3.05) is 24.1 Å². The zero-order valence-corrected chi connectivity index (χ0v) is 17.0. The van der Waals surface area contributed by atoms with Gasteiger partial charge in [-0.05, 0) is 57.5 Å². The molecule has 1 fully saturated rings. The minimum atomic E-state index is -0.373. The third-order valence-corrected chi connectivity index (χ3v) is 5.45. The number of amides is 2. The van der Waals surface area contributed by atoms with Crippen LogP contribution < -0.4 is 16.4 Å². The minimum absolute atomic E-state index is 0.187. The molecule has 4 N–H and O–H groups in total. The molecule has 1 aromatic heterocycles.